The van der Waals surface area contributed by atoms with Crippen molar-refractivity contribution >= 4 is 11.6 Å². The molecule has 0 spiro atoms. The van der Waals surface area contributed by atoms with Crippen LogP contribution in [0.4, 0.5) is 5.69 Å². The van der Waals surface area contributed by atoms with Crippen molar-refractivity contribution < 1.29 is 9.21 Å². The summed E-state index contributed by atoms with van der Waals surface area (Å²) in [5.41, 5.74) is 3.67. The average molecular weight is 299 g/mol. The molecular weight excluding hydrogens is 278 g/mol. The number of anilines is 1. The molecule has 1 heterocycles. The Hall–Kier alpha value is -2.36. The summed E-state index contributed by atoms with van der Waals surface area (Å²) < 4.78 is 5.04. The van der Waals surface area contributed by atoms with Crippen molar-refractivity contribution in [3.63, 3.8) is 0 Å². The minimum absolute atomic E-state index is 0.241. The number of carbonyl (C=O) groups is 1. The highest BCUT2D eigenvalue weighted by atomic mass is 16.4. The van der Waals surface area contributed by atoms with Gasteiger partial charge in [-0.2, -0.15) is 0 Å². The summed E-state index contributed by atoms with van der Waals surface area (Å²) in [6.07, 6.45) is 1.68. The van der Waals surface area contributed by atoms with Crippen molar-refractivity contribution in [1.29, 1.82) is 0 Å². The minimum Gasteiger partial charge on any atom is -0.427 e. The molecule has 0 unspecified atom stereocenters. The summed E-state index contributed by atoms with van der Waals surface area (Å²) in [6.45, 7) is 7.49. The molecule has 2 aromatic rings. The van der Waals surface area contributed by atoms with Crippen molar-refractivity contribution in [2.45, 2.75) is 40.5 Å². The van der Waals surface area contributed by atoms with E-state index in [1.165, 1.54) is 6.07 Å². The van der Waals surface area contributed by atoms with Gasteiger partial charge < -0.3 is 9.73 Å². The maximum atomic E-state index is 12.6. The number of aryl methyl sites for hydroxylation is 4. The van der Waals surface area contributed by atoms with E-state index in [1.54, 1.807) is 13.8 Å². The predicted octanol–water partition coefficient (Wildman–Crippen LogP) is 3.63. The van der Waals surface area contributed by atoms with Crippen molar-refractivity contribution in [1.82, 2.24) is 0 Å². The lowest BCUT2D eigenvalue weighted by atomic mass is 10.0. The molecule has 22 heavy (non-hydrogen) atoms. The Labute approximate surface area is 130 Å². The van der Waals surface area contributed by atoms with E-state index in [9.17, 15) is 9.59 Å². The largest absolute Gasteiger partial charge is 0.427 e. The van der Waals surface area contributed by atoms with Crippen LogP contribution in [-0.4, -0.2) is 5.91 Å². The molecule has 0 radical (unpaired) electrons. The zero-order valence-electron chi connectivity index (χ0n) is 13.4. The number of amides is 1. The third kappa shape index (κ3) is 3.11. The summed E-state index contributed by atoms with van der Waals surface area (Å²) in [6, 6.07) is 7.37. The summed E-state index contributed by atoms with van der Waals surface area (Å²) in [4.78, 5) is 24.0. The Morgan fingerprint density at radius 1 is 1.14 bits per heavy atom. The van der Waals surface area contributed by atoms with Crippen molar-refractivity contribution in [3.8, 4) is 0 Å². The SMILES string of the molecule is CCc1cccc(CC)c1NC(=O)c1c(C)cc(=O)oc1C. The Balaban J connectivity index is 2.44. The van der Waals surface area contributed by atoms with E-state index in [0.29, 0.717) is 16.9 Å². The van der Waals surface area contributed by atoms with Gasteiger partial charge in [-0.1, -0.05) is 32.0 Å². The number of carbonyl (C=O) groups excluding carboxylic acids is 1. The second-order valence-corrected chi connectivity index (χ2v) is 5.29. The molecule has 0 fully saturated rings. The van der Waals surface area contributed by atoms with E-state index in [-0.39, 0.29) is 5.91 Å². The van der Waals surface area contributed by atoms with Gasteiger partial charge in [-0.05, 0) is 43.4 Å². The highest BCUT2D eigenvalue weighted by molar-refractivity contribution is 6.06. The van der Waals surface area contributed by atoms with Crippen LogP contribution in [0.25, 0.3) is 0 Å². The lowest BCUT2D eigenvalue weighted by Crippen LogP contribution is -2.19. The van der Waals surface area contributed by atoms with Crippen molar-refractivity contribution in [3.05, 3.63) is 62.7 Å². The molecule has 1 amide bonds. The van der Waals surface area contributed by atoms with E-state index in [2.05, 4.69) is 19.2 Å². The topological polar surface area (TPSA) is 59.3 Å². The van der Waals surface area contributed by atoms with Crippen LogP contribution in [0.3, 0.4) is 0 Å². The van der Waals surface area contributed by atoms with Crippen LogP contribution in [0.1, 0.15) is 46.7 Å². The highest BCUT2D eigenvalue weighted by Crippen LogP contribution is 2.24. The second kappa shape index (κ2) is 6.60. The van der Waals surface area contributed by atoms with Crippen LogP contribution < -0.4 is 10.9 Å². The van der Waals surface area contributed by atoms with Gasteiger partial charge in [-0.3, -0.25) is 4.79 Å². The quantitative estimate of drug-likeness (QED) is 0.937. The number of hydrogen-bond donors (Lipinski definition) is 1. The summed E-state index contributed by atoms with van der Waals surface area (Å²) >= 11 is 0. The number of benzene rings is 1. The summed E-state index contributed by atoms with van der Waals surface area (Å²) in [5.74, 6) is 0.101. The van der Waals surface area contributed by atoms with Crippen molar-refractivity contribution in [2.75, 3.05) is 5.32 Å². The lowest BCUT2D eigenvalue weighted by Gasteiger charge is -2.15. The van der Waals surface area contributed by atoms with E-state index in [0.717, 1.165) is 29.7 Å². The maximum Gasteiger partial charge on any atom is 0.336 e. The molecule has 0 aliphatic carbocycles. The van der Waals surface area contributed by atoms with Crippen LogP contribution in [0.15, 0.2) is 33.5 Å². The molecule has 4 heteroatoms. The molecule has 0 aliphatic rings. The van der Waals surface area contributed by atoms with Gasteiger partial charge in [0.05, 0.1) is 5.56 Å². The fraction of sp³-hybridized carbons (Fsp3) is 0.333. The third-order valence-electron chi connectivity index (χ3n) is 3.80. The molecule has 116 valence electrons. The molecular formula is C18H21NO3. The molecule has 0 saturated heterocycles. The fourth-order valence-corrected chi connectivity index (χ4v) is 2.68. The Bertz CT molecular complexity index is 711. The van der Waals surface area contributed by atoms with Gasteiger partial charge in [0.25, 0.3) is 5.91 Å². The average Bonchev–Trinajstić information content (AvgIpc) is 2.46. The predicted molar refractivity (Wildman–Crippen MR) is 87.6 cm³/mol. The minimum atomic E-state index is -0.435. The monoisotopic (exact) mass is 299 g/mol. The molecule has 0 aliphatic heterocycles. The van der Waals surface area contributed by atoms with Gasteiger partial charge in [0, 0.05) is 11.8 Å². The van der Waals surface area contributed by atoms with E-state index in [1.807, 2.05) is 18.2 Å². The Kier molecular flexibility index (Phi) is 4.81. The maximum absolute atomic E-state index is 12.6. The molecule has 4 nitrogen and oxygen atoms in total. The number of rotatable bonds is 4. The summed E-state index contributed by atoms with van der Waals surface area (Å²) in [5, 5.41) is 3.00. The van der Waals surface area contributed by atoms with Gasteiger partial charge in [0.1, 0.15) is 5.76 Å². The van der Waals surface area contributed by atoms with Crippen LogP contribution in [0.2, 0.25) is 0 Å². The van der Waals surface area contributed by atoms with Crippen LogP contribution in [0.5, 0.6) is 0 Å². The number of nitrogens with one attached hydrogen (secondary N) is 1. The Morgan fingerprint density at radius 3 is 2.23 bits per heavy atom. The number of para-hydroxylation sites is 1. The number of hydrogen-bond acceptors (Lipinski definition) is 3. The molecule has 2 rings (SSSR count). The first-order valence-corrected chi connectivity index (χ1v) is 7.51. The molecule has 0 atom stereocenters. The van der Waals surface area contributed by atoms with Gasteiger partial charge >= 0.3 is 5.63 Å². The molecule has 1 aromatic heterocycles. The van der Waals surface area contributed by atoms with Gasteiger partial charge in [0.15, 0.2) is 0 Å². The first kappa shape index (κ1) is 16.0. The van der Waals surface area contributed by atoms with E-state index < -0.39 is 5.63 Å². The van der Waals surface area contributed by atoms with E-state index in [4.69, 9.17) is 4.42 Å². The third-order valence-corrected chi connectivity index (χ3v) is 3.80. The molecule has 1 aromatic carbocycles. The molecule has 0 bridgehead atoms. The van der Waals surface area contributed by atoms with Crippen molar-refractivity contribution in [2.24, 2.45) is 0 Å². The normalized spacial score (nSPS) is 10.5. The zero-order valence-corrected chi connectivity index (χ0v) is 13.4. The van der Waals surface area contributed by atoms with Crippen LogP contribution >= 0.6 is 0 Å². The zero-order chi connectivity index (χ0) is 16.3. The Morgan fingerprint density at radius 2 is 1.73 bits per heavy atom. The van der Waals surface area contributed by atoms with Gasteiger partial charge in [0.2, 0.25) is 0 Å². The highest BCUT2D eigenvalue weighted by Gasteiger charge is 2.17. The van der Waals surface area contributed by atoms with Crippen LogP contribution in [0, 0.1) is 13.8 Å². The van der Waals surface area contributed by atoms with E-state index >= 15 is 0 Å². The van der Waals surface area contributed by atoms with Gasteiger partial charge in [-0.15, -0.1) is 0 Å². The standard InChI is InChI=1S/C18H21NO3/c1-5-13-8-7-9-14(6-2)17(13)19-18(21)16-11(3)10-15(20)22-12(16)4/h7-10H,5-6H2,1-4H3,(H,19,21). The first-order chi connectivity index (χ1) is 10.5. The fourth-order valence-electron chi connectivity index (χ4n) is 2.68. The first-order valence-electron chi connectivity index (χ1n) is 7.51. The second-order valence-electron chi connectivity index (χ2n) is 5.29. The lowest BCUT2D eigenvalue weighted by molar-refractivity contribution is 0.102. The molecule has 1 N–H and O–H groups in total. The van der Waals surface area contributed by atoms with Crippen LogP contribution in [-0.2, 0) is 12.8 Å². The van der Waals surface area contributed by atoms with Gasteiger partial charge in [-0.25, -0.2) is 4.79 Å². The summed E-state index contributed by atoms with van der Waals surface area (Å²) in [7, 11) is 0. The smallest absolute Gasteiger partial charge is 0.336 e. The molecule has 0 saturated carbocycles.